The second-order valence-corrected chi connectivity index (χ2v) is 7.02. The minimum atomic E-state index is -4.67. The third-order valence-electron chi connectivity index (χ3n) is 4.06. The summed E-state index contributed by atoms with van der Waals surface area (Å²) in [6, 6.07) is 22.7. The van der Waals surface area contributed by atoms with E-state index in [1.54, 1.807) is 0 Å². The van der Waals surface area contributed by atoms with Crippen LogP contribution in [0, 0.1) is 5.39 Å². The zero-order valence-electron chi connectivity index (χ0n) is 15.4. The van der Waals surface area contributed by atoms with Crippen LogP contribution in [-0.2, 0) is 16.9 Å². The fourth-order valence-corrected chi connectivity index (χ4v) is 2.94. The highest BCUT2D eigenvalue weighted by Gasteiger charge is 2.11. The first kappa shape index (κ1) is 21.3. The molecule has 8 heteroatoms. The number of hydrogen-bond donors (Lipinski definition) is 2. The largest absolute Gasteiger partial charge is 0.394 e. The molecule has 0 atom stereocenters. The van der Waals surface area contributed by atoms with Gasteiger partial charge in [-0.15, -0.1) is 0 Å². The number of anilines is 1. The molecule has 0 fully saturated rings. The van der Waals surface area contributed by atoms with Crippen molar-refractivity contribution < 1.29 is 17.5 Å². The van der Waals surface area contributed by atoms with Crippen LogP contribution in [0.3, 0.4) is 0 Å². The first-order valence-corrected chi connectivity index (χ1v) is 10.1. The maximum Gasteiger partial charge on any atom is 0.394 e. The van der Waals surface area contributed by atoms with Crippen molar-refractivity contribution in [1.29, 1.82) is 5.39 Å². The molecule has 0 bridgehead atoms. The quantitative estimate of drug-likeness (QED) is 0.456. The van der Waals surface area contributed by atoms with Crippen molar-refractivity contribution in [2.24, 2.45) is 0 Å². The van der Waals surface area contributed by atoms with Gasteiger partial charge in [0.05, 0.1) is 0 Å². The Bertz CT molecular complexity index is 1050. The lowest BCUT2D eigenvalue weighted by molar-refractivity contribution is 0.381. The van der Waals surface area contributed by atoms with Crippen molar-refractivity contribution in [3.05, 3.63) is 77.3 Å². The second kappa shape index (κ2) is 9.80. The van der Waals surface area contributed by atoms with Crippen LogP contribution < -0.4 is 4.90 Å². The van der Waals surface area contributed by atoms with Gasteiger partial charge >= 0.3 is 16.1 Å². The molecule has 0 aliphatic heterocycles. The van der Waals surface area contributed by atoms with Gasteiger partial charge in [-0.3, -0.25) is 9.11 Å². The zero-order chi connectivity index (χ0) is 20.6. The molecule has 7 nitrogen and oxygen atoms in total. The molecule has 3 rings (SSSR count). The highest BCUT2D eigenvalue weighted by molar-refractivity contribution is 7.79. The Morgan fingerprint density at radius 1 is 0.964 bits per heavy atom. The summed E-state index contributed by atoms with van der Waals surface area (Å²) in [6.07, 6.45) is 1.08. The molecule has 0 unspecified atom stereocenters. The lowest BCUT2D eigenvalue weighted by atomic mass is 10.0. The maximum atomic E-state index is 8.84. The number of rotatable bonds is 5. The van der Waals surface area contributed by atoms with Gasteiger partial charge in [0.25, 0.3) is 0 Å². The average molecular weight is 400 g/mol. The molecule has 0 heterocycles. The van der Waals surface area contributed by atoms with Crippen molar-refractivity contribution in [2.75, 3.05) is 11.4 Å². The van der Waals surface area contributed by atoms with E-state index in [1.165, 1.54) is 16.3 Å². The Morgan fingerprint density at radius 2 is 1.57 bits per heavy atom. The van der Waals surface area contributed by atoms with Crippen molar-refractivity contribution in [1.82, 2.24) is 0 Å². The summed E-state index contributed by atoms with van der Waals surface area (Å²) in [5.41, 5.74) is 3.05. The zero-order valence-corrected chi connectivity index (χ0v) is 16.2. The van der Waals surface area contributed by atoms with Gasteiger partial charge in [0, 0.05) is 30.9 Å². The van der Waals surface area contributed by atoms with E-state index < -0.39 is 10.4 Å². The van der Waals surface area contributed by atoms with Crippen LogP contribution in [0.4, 0.5) is 11.4 Å². The van der Waals surface area contributed by atoms with Crippen molar-refractivity contribution in [2.45, 2.75) is 19.9 Å². The molecule has 0 spiro atoms. The average Bonchev–Trinajstić information content (AvgIpc) is 2.67. The number of hydrogen-bond acceptors (Lipinski definition) is 4. The lowest BCUT2D eigenvalue weighted by Crippen LogP contribution is -2.23. The van der Waals surface area contributed by atoms with E-state index >= 15 is 0 Å². The summed E-state index contributed by atoms with van der Waals surface area (Å²) in [4.78, 5) is 5.59. The predicted octanol–water partition coefficient (Wildman–Crippen LogP) is 5.09. The minimum Gasteiger partial charge on any atom is -0.367 e. The minimum absolute atomic E-state index is 0.579. The summed E-state index contributed by atoms with van der Waals surface area (Å²) in [5, 5.41) is 11.4. The van der Waals surface area contributed by atoms with Crippen LogP contribution in [0.2, 0.25) is 0 Å². The number of nitrogens with zero attached hydrogens (tertiary/aromatic N) is 3. The summed E-state index contributed by atoms with van der Waals surface area (Å²) in [7, 11) is -4.67. The van der Waals surface area contributed by atoms with Gasteiger partial charge in [-0.05, 0) is 34.9 Å². The van der Waals surface area contributed by atoms with Crippen molar-refractivity contribution >= 4 is 32.5 Å². The summed E-state index contributed by atoms with van der Waals surface area (Å²) >= 11 is 0. The summed E-state index contributed by atoms with van der Waals surface area (Å²) < 4.78 is 31.6. The molecule has 0 amide bonds. The van der Waals surface area contributed by atoms with Crippen molar-refractivity contribution in [3.8, 4) is 0 Å². The topological polar surface area (TPSA) is 106 Å². The summed E-state index contributed by atoms with van der Waals surface area (Å²) in [6.45, 7) is 4.04. The Labute approximate surface area is 164 Å². The smallest absolute Gasteiger partial charge is 0.367 e. The fraction of sp³-hybridized carbons (Fsp3) is 0.200. The van der Waals surface area contributed by atoms with Crippen LogP contribution >= 0.6 is 0 Å². The molecule has 0 aliphatic rings. The Balaban J connectivity index is 0.000000500. The molecule has 3 aromatic rings. The molecular formula is C20H22N3O4S+. The second-order valence-electron chi connectivity index (χ2n) is 6.12. The van der Waals surface area contributed by atoms with E-state index in [1.807, 2.05) is 24.3 Å². The summed E-state index contributed by atoms with van der Waals surface area (Å²) in [5.74, 6) is 0. The first-order chi connectivity index (χ1) is 13.3. The van der Waals surface area contributed by atoms with Crippen LogP contribution in [0.15, 0.2) is 66.7 Å². The van der Waals surface area contributed by atoms with E-state index in [4.69, 9.17) is 22.9 Å². The van der Waals surface area contributed by atoms with E-state index in [0.717, 1.165) is 25.2 Å². The van der Waals surface area contributed by atoms with Crippen LogP contribution in [0.25, 0.3) is 15.7 Å². The molecule has 0 aliphatic carbocycles. The van der Waals surface area contributed by atoms with Gasteiger partial charge in [-0.2, -0.15) is 8.42 Å². The molecule has 3 aromatic carbocycles. The molecule has 0 saturated carbocycles. The van der Waals surface area contributed by atoms with E-state index in [9.17, 15) is 0 Å². The van der Waals surface area contributed by atoms with Gasteiger partial charge in [0.2, 0.25) is 5.39 Å². The molecule has 146 valence electrons. The lowest BCUT2D eigenvalue weighted by Gasteiger charge is -2.25. The van der Waals surface area contributed by atoms with E-state index in [0.29, 0.717) is 5.69 Å². The van der Waals surface area contributed by atoms with E-state index in [-0.39, 0.29) is 0 Å². The van der Waals surface area contributed by atoms with Gasteiger partial charge < -0.3 is 4.90 Å². The predicted molar refractivity (Wildman–Crippen MR) is 111 cm³/mol. The highest BCUT2D eigenvalue weighted by atomic mass is 32.3. The number of benzene rings is 3. The molecule has 28 heavy (non-hydrogen) atoms. The third-order valence-corrected chi connectivity index (χ3v) is 4.06. The van der Waals surface area contributed by atoms with Crippen LogP contribution in [0.5, 0.6) is 0 Å². The maximum absolute atomic E-state index is 8.84. The molecule has 0 aromatic heterocycles. The van der Waals surface area contributed by atoms with Crippen LogP contribution in [-0.4, -0.2) is 24.1 Å². The Morgan fingerprint density at radius 3 is 2.18 bits per heavy atom. The third kappa shape index (κ3) is 6.63. The fourth-order valence-electron chi connectivity index (χ4n) is 2.94. The van der Waals surface area contributed by atoms with Gasteiger partial charge in [0.1, 0.15) is 0 Å². The number of diazo groups is 1. The number of fused-ring (bicyclic) bond motifs is 1. The SMILES string of the molecule is CCCN(Cc1cccc2ccccc12)c1ccc([N+]#N)cc1.O=S(=O)(O)O. The molecule has 2 N–H and O–H groups in total. The highest BCUT2D eigenvalue weighted by Crippen LogP contribution is 2.25. The Kier molecular flexibility index (Phi) is 7.46. The molecule has 0 saturated heterocycles. The normalized spacial score (nSPS) is 10.6. The monoisotopic (exact) mass is 400 g/mol. The van der Waals surface area contributed by atoms with E-state index in [2.05, 4.69) is 59.3 Å². The van der Waals surface area contributed by atoms with Gasteiger partial charge in [0.15, 0.2) is 4.98 Å². The van der Waals surface area contributed by atoms with Crippen LogP contribution in [0.1, 0.15) is 18.9 Å². The standard InChI is InChI=1S/C20H20N3.H2O4S/c1-2-14-23(19-12-10-18(22-21)11-13-19)15-17-8-5-7-16-6-3-4-9-20(16)17;1-5(2,3)4/h3-13H,2,14-15H2,1H3;(H2,1,2,3,4)/q+1;. The molecular weight excluding hydrogens is 378 g/mol. The van der Waals surface area contributed by atoms with Gasteiger partial charge in [-0.1, -0.05) is 49.4 Å². The first-order valence-electron chi connectivity index (χ1n) is 8.68. The van der Waals surface area contributed by atoms with Gasteiger partial charge in [-0.25, -0.2) is 0 Å². The van der Waals surface area contributed by atoms with Crippen molar-refractivity contribution in [3.63, 3.8) is 0 Å². The Hall–Kier alpha value is -2.99. The molecule has 0 radical (unpaired) electrons.